The Balaban J connectivity index is 1.76. The van der Waals surface area contributed by atoms with Gasteiger partial charge in [-0.05, 0) is 64.5 Å². The quantitative estimate of drug-likeness (QED) is 0.205. The molecule has 170 valence electrons. The van der Waals surface area contributed by atoms with E-state index in [2.05, 4.69) is 20.9 Å². The lowest BCUT2D eigenvalue weighted by atomic mass is 9.94. The van der Waals surface area contributed by atoms with Crippen LogP contribution >= 0.6 is 15.9 Å². The van der Waals surface area contributed by atoms with E-state index in [1.807, 2.05) is 24.3 Å². The third-order valence-corrected chi connectivity index (χ3v) is 6.51. The fraction of sp³-hybridized carbons (Fsp3) is 0.0769. The van der Waals surface area contributed by atoms with Crippen molar-refractivity contribution in [1.29, 1.82) is 0 Å². The van der Waals surface area contributed by atoms with E-state index in [1.165, 1.54) is 36.3 Å². The lowest BCUT2D eigenvalue weighted by Gasteiger charge is -2.25. The number of para-hydroxylation sites is 1. The van der Waals surface area contributed by atoms with Gasteiger partial charge in [-0.1, -0.05) is 18.2 Å². The van der Waals surface area contributed by atoms with Crippen molar-refractivity contribution in [3.63, 3.8) is 0 Å². The number of aliphatic hydroxyl groups is 1. The summed E-state index contributed by atoms with van der Waals surface area (Å²) in [5.41, 5.74) is 2.07. The summed E-state index contributed by atoms with van der Waals surface area (Å²) in [5, 5.41) is 12.1. The monoisotopic (exact) mass is 520 g/mol. The number of aromatic amines is 1. The number of carbonyl (C=O) groups is 2. The molecule has 5 rings (SSSR count). The van der Waals surface area contributed by atoms with E-state index < -0.39 is 23.5 Å². The van der Waals surface area contributed by atoms with Gasteiger partial charge in [0.25, 0.3) is 11.7 Å². The van der Waals surface area contributed by atoms with Gasteiger partial charge in [-0.3, -0.25) is 14.5 Å². The standard InChI is InChI=1S/C26H18BrFN2O4/c1-34-21-11-6-14(12-19(21)27)24(31)22-23(18-13-29-20-5-3-2-4-17(18)20)30(26(33)25(22)32)16-9-7-15(28)8-10-16/h2-13,23,29,31H,1H3/b24-22+. The molecule has 0 radical (unpaired) electrons. The van der Waals surface area contributed by atoms with Gasteiger partial charge < -0.3 is 14.8 Å². The first kappa shape index (κ1) is 21.9. The average molecular weight is 521 g/mol. The highest BCUT2D eigenvalue weighted by atomic mass is 79.9. The molecule has 34 heavy (non-hydrogen) atoms. The largest absolute Gasteiger partial charge is 0.507 e. The van der Waals surface area contributed by atoms with Crippen molar-refractivity contribution in [3.05, 3.63) is 99.9 Å². The van der Waals surface area contributed by atoms with Crippen LogP contribution in [-0.4, -0.2) is 28.9 Å². The van der Waals surface area contributed by atoms with Crippen LogP contribution in [0.25, 0.3) is 16.7 Å². The third kappa shape index (κ3) is 3.47. The van der Waals surface area contributed by atoms with Crippen LogP contribution in [0.3, 0.4) is 0 Å². The van der Waals surface area contributed by atoms with Gasteiger partial charge in [-0.2, -0.15) is 0 Å². The number of fused-ring (bicyclic) bond motifs is 1. The zero-order valence-electron chi connectivity index (χ0n) is 17.9. The number of amides is 1. The number of benzene rings is 3. The second-order valence-corrected chi connectivity index (χ2v) is 8.64. The highest BCUT2D eigenvalue weighted by Gasteiger charge is 2.47. The summed E-state index contributed by atoms with van der Waals surface area (Å²) in [6, 6.07) is 16.7. The molecule has 1 atom stereocenters. The van der Waals surface area contributed by atoms with Crippen LogP contribution in [0.1, 0.15) is 17.2 Å². The van der Waals surface area contributed by atoms with Crippen LogP contribution in [0.15, 0.2) is 83.0 Å². The third-order valence-electron chi connectivity index (χ3n) is 5.89. The number of rotatable bonds is 4. The van der Waals surface area contributed by atoms with Gasteiger partial charge in [0.1, 0.15) is 17.3 Å². The number of aliphatic hydroxyl groups excluding tert-OH is 1. The molecular weight excluding hydrogens is 503 g/mol. The maximum Gasteiger partial charge on any atom is 0.300 e. The van der Waals surface area contributed by atoms with Gasteiger partial charge in [-0.25, -0.2) is 4.39 Å². The smallest absolute Gasteiger partial charge is 0.300 e. The predicted molar refractivity (Wildman–Crippen MR) is 130 cm³/mol. The number of nitrogens with zero attached hydrogens (tertiary/aromatic N) is 1. The molecule has 2 heterocycles. The second kappa shape index (κ2) is 8.46. The molecule has 4 aromatic rings. The van der Waals surface area contributed by atoms with Crippen molar-refractivity contribution in [3.8, 4) is 5.75 Å². The number of H-pyrrole nitrogens is 1. The van der Waals surface area contributed by atoms with Crippen molar-refractivity contribution in [2.24, 2.45) is 0 Å². The number of carbonyl (C=O) groups excluding carboxylic acids is 2. The lowest BCUT2D eigenvalue weighted by Crippen LogP contribution is -2.29. The number of anilines is 1. The first-order chi connectivity index (χ1) is 16.4. The average Bonchev–Trinajstić information content (AvgIpc) is 3.38. The molecule has 2 N–H and O–H groups in total. The minimum atomic E-state index is -0.928. The van der Waals surface area contributed by atoms with Gasteiger partial charge in [0.2, 0.25) is 0 Å². The Kier molecular flexibility index (Phi) is 5.45. The SMILES string of the molecule is COc1ccc(/C(O)=C2\C(=O)C(=O)N(c3ccc(F)cc3)C2c2c[nH]c3ccccc23)cc1Br. The molecule has 1 unspecified atom stereocenters. The summed E-state index contributed by atoms with van der Waals surface area (Å²) in [6.45, 7) is 0. The summed E-state index contributed by atoms with van der Waals surface area (Å²) in [7, 11) is 1.52. The first-order valence-electron chi connectivity index (χ1n) is 10.4. The van der Waals surface area contributed by atoms with Crippen LogP contribution in [0.5, 0.6) is 5.75 Å². The summed E-state index contributed by atoms with van der Waals surface area (Å²) in [6.07, 6.45) is 1.72. The number of hydrogen-bond donors (Lipinski definition) is 2. The van der Waals surface area contributed by atoms with E-state index in [1.54, 1.807) is 24.4 Å². The Morgan fingerprint density at radius 2 is 1.82 bits per heavy atom. The van der Waals surface area contributed by atoms with E-state index in [4.69, 9.17) is 4.74 Å². The molecule has 0 bridgehead atoms. The summed E-state index contributed by atoms with van der Waals surface area (Å²) >= 11 is 3.39. The molecule has 0 aliphatic carbocycles. The van der Waals surface area contributed by atoms with E-state index in [0.29, 0.717) is 27.0 Å². The Morgan fingerprint density at radius 1 is 1.09 bits per heavy atom. The van der Waals surface area contributed by atoms with Crippen LogP contribution in [0.4, 0.5) is 10.1 Å². The summed E-state index contributed by atoms with van der Waals surface area (Å²) in [4.78, 5) is 31.0. The molecule has 1 amide bonds. The minimum Gasteiger partial charge on any atom is -0.507 e. The first-order valence-corrected chi connectivity index (χ1v) is 11.2. The molecule has 1 aliphatic heterocycles. The summed E-state index contributed by atoms with van der Waals surface area (Å²) < 4.78 is 19.4. The highest BCUT2D eigenvalue weighted by molar-refractivity contribution is 9.10. The molecule has 6 nitrogen and oxygen atoms in total. The number of ether oxygens (including phenoxy) is 1. The Bertz CT molecular complexity index is 1480. The van der Waals surface area contributed by atoms with Gasteiger partial charge in [-0.15, -0.1) is 0 Å². The van der Waals surface area contributed by atoms with Crippen LogP contribution in [-0.2, 0) is 9.59 Å². The summed E-state index contributed by atoms with van der Waals surface area (Å²) in [5.74, 6) is -1.87. The zero-order chi connectivity index (χ0) is 24.0. The molecular formula is C26H18BrFN2O4. The maximum absolute atomic E-state index is 13.6. The number of methoxy groups -OCH3 is 1. The van der Waals surface area contributed by atoms with Crippen molar-refractivity contribution in [1.82, 2.24) is 4.98 Å². The van der Waals surface area contributed by atoms with Crippen LogP contribution in [0, 0.1) is 5.82 Å². The number of nitrogens with one attached hydrogen (secondary N) is 1. The van der Waals surface area contributed by atoms with E-state index in [9.17, 15) is 19.1 Å². The van der Waals surface area contributed by atoms with Crippen molar-refractivity contribution >= 4 is 50.0 Å². The van der Waals surface area contributed by atoms with Crippen molar-refractivity contribution < 1.29 is 23.8 Å². The Morgan fingerprint density at radius 3 is 2.53 bits per heavy atom. The minimum absolute atomic E-state index is 0.0591. The predicted octanol–water partition coefficient (Wildman–Crippen LogP) is 5.70. The van der Waals surface area contributed by atoms with E-state index in [-0.39, 0.29) is 11.3 Å². The lowest BCUT2D eigenvalue weighted by molar-refractivity contribution is -0.132. The number of ketones is 1. The molecule has 1 aliphatic rings. The molecule has 8 heteroatoms. The van der Waals surface area contributed by atoms with Crippen LogP contribution in [0.2, 0.25) is 0 Å². The van der Waals surface area contributed by atoms with Crippen molar-refractivity contribution in [2.75, 3.05) is 12.0 Å². The highest BCUT2D eigenvalue weighted by Crippen LogP contribution is 2.44. The van der Waals surface area contributed by atoms with Gasteiger partial charge >= 0.3 is 0 Å². The number of aromatic nitrogens is 1. The fourth-order valence-electron chi connectivity index (χ4n) is 4.28. The topological polar surface area (TPSA) is 82.6 Å². The fourth-order valence-corrected chi connectivity index (χ4v) is 4.82. The second-order valence-electron chi connectivity index (χ2n) is 7.78. The molecule has 0 spiro atoms. The van der Waals surface area contributed by atoms with Crippen LogP contribution < -0.4 is 9.64 Å². The van der Waals surface area contributed by atoms with Gasteiger partial charge in [0, 0.05) is 33.9 Å². The Labute approximate surface area is 202 Å². The number of hydrogen-bond acceptors (Lipinski definition) is 4. The number of halogens is 2. The molecule has 1 fully saturated rings. The Hall–Kier alpha value is -3.91. The van der Waals surface area contributed by atoms with Crippen molar-refractivity contribution in [2.45, 2.75) is 6.04 Å². The van der Waals surface area contributed by atoms with E-state index >= 15 is 0 Å². The molecule has 1 aromatic heterocycles. The molecule has 0 saturated carbocycles. The maximum atomic E-state index is 13.6. The van der Waals surface area contributed by atoms with Gasteiger partial charge in [0.15, 0.2) is 0 Å². The number of Topliss-reactive ketones (excluding diaryl/α,β-unsaturated/α-hetero) is 1. The molecule has 1 saturated heterocycles. The normalized spacial score (nSPS) is 17.5. The van der Waals surface area contributed by atoms with Gasteiger partial charge in [0.05, 0.1) is 23.2 Å². The molecule has 3 aromatic carbocycles. The van der Waals surface area contributed by atoms with E-state index in [0.717, 1.165) is 10.9 Å². The zero-order valence-corrected chi connectivity index (χ0v) is 19.5.